The van der Waals surface area contributed by atoms with E-state index in [1.165, 1.54) is 0 Å². The molecule has 1 heterocycles. The summed E-state index contributed by atoms with van der Waals surface area (Å²) in [6.07, 6.45) is -11.7. The number of aliphatic hydroxyl groups is 3. The molecule has 1 unspecified atom stereocenters. The maximum absolute atomic E-state index is 12.3. The summed E-state index contributed by atoms with van der Waals surface area (Å²) in [4.78, 5) is 0. The van der Waals surface area contributed by atoms with Crippen LogP contribution in [0.25, 0.3) is 0 Å². The first-order valence-electron chi connectivity index (χ1n) is 3.63. The van der Waals surface area contributed by atoms with E-state index in [4.69, 9.17) is 19.9 Å². The van der Waals surface area contributed by atoms with Crippen molar-refractivity contribution in [2.75, 3.05) is 0 Å². The van der Waals surface area contributed by atoms with Crippen LogP contribution in [0, 0.1) is 0 Å². The molecule has 0 aliphatic carbocycles. The molecule has 0 radical (unpaired) electrons. The number of alkyl halides is 2. The van der Waals surface area contributed by atoms with Crippen molar-refractivity contribution in [3.05, 3.63) is 0 Å². The van der Waals surface area contributed by atoms with E-state index in [0.29, 0.717) is 0 Å². The van der Waals surface area contributed by atoms with Crippen molar-refractivity contribution in [1.29, 1.82) is 0 Å². The summed E-state index contributed by atoms with van der Waals surface area (Å²) in [5.41, 5.74) is -2.41. The van der Waals surface area contributed by atoms with Gasteiger partial charge in [-0.2, -0.15) is 17.2 Å². The van der Waals surface area contributed by atoms with Crippen LogP contribution in [0.15, 0.2) is 0 Å². The molecular weight excluding hydrogens is 242 g/mol. The molecule has 1 aliphatic rings. The topological polar surface area (TPSA) is 124 Å². The average molecular weight is 250 g/mol. The van der Waals surface area contributed by atoms with Crippen LogP contribution in [0.2, 0.25) is 0 Å². The molecule has 0 aromatic carbocycles. The summed E-state index contributed by atoms with van der Waals surface area (Å²) in [7, 11) is -4.95. The van der Waals surface area contributed by atoms with Gasteiger partial charge in [0.15, 0.2) is 6.10 Å². The molecule has 15 heavy (non-hydrogen) atoms. The quantitative estimate of drug-likeness (QED) is 0.414. The van der Waals surface area contributed by atoms with Gasteiger partial charge >= 0.3 is 6.11 Å². The third-order valence-corrected chi connectivity index (χ3v) is 2.83. The molecule has 0 bridgehead atoms. The van der Waals surface area contributed by atoms with Crippen LogP contribution in [0.4, 0.5) is 8.78 Å². The Labute approximate surface area is 82.6 Å². The van der Waals surface area contributed by atoms with Crippen LogP contribution >= 0.6 is 0 Å². The summed E-state index contributed by atoms with van der Waals surface area (Å²) in [6, 6.07) is 0. The largest absolute Gasteiger partial charge is 0.387 e. The number of rotatable bonds is 2. The molecule has 7 nitrogen and oxygen atoms in total. The zero-order valence-corrected chi connectivity index (χ0v) is 7.80. The molecule has 0 spiro atoms. The minimum absolute atomic E-state index is 2.26. The van der Waals surface area contributed by atoms with E-state index in [1.807, 2.05) is 0 Å². The summed E-state index contributed by atoms with van der Waals surface area (Å²) in [5.74, 6) is 0. The van der Waals surface area contributed by atoms with E-state index in [1.54, 1.807) is 0 Å². The molecule has 1 saturated heterocycles. The Bertz CT molecular complexity index is 336. The van der Waals surface area contributed by atoms with Gasteiger partial charge in [-0.25, -0.2) is 0 Å². The van der Waals surface area contributed by atoms with E-state index in [2.05, 4.69) is 4.74 Å². The second-order valence-corrected chi connectivity index (χ2v) is 4.50. The van der Waals surface area contributed by atoms with Crippen molar-refractivity contribution in [1.82, 2.24) is 0 Å². The van der Waals surface area contributed by atoms with Gasteiger partial charge in [0.25, 0.3) is 10.1 Å². The molecule has 4 N–H and O–H groups in total. The van der Waals surface area contributed by atoms with E-state index in [0.717, 1.165) is 0 Å². The van der Waals surface area contributed by atoms with E-state index < -0.39 is 40.0 Å². The third-order valence-electron chi connectivity index (χ3n) is 1.86. The highest BCUT2D eigenvalue weighted by Crippen LogP contribution is 2.32. The lowest BCUT2D eigenvalue weighted by Crippen LogP contribution is -2.43. The fourth-order valence-electron chi connectivity index (χ4n) is 1.18. The minimum atomic E-state index is -4.95. The van der Waals surface area contributed by atoms with Crippen LogP contribution in [0.1, 0.15) is 0 Å². The van der Waals surface area contributed by atoms with Crippen molar-refractivity contribution in [3.8, 4) is 0 Å². The van der Waals surface area contributed by atoms with E-state index in [-0.39, 0.29) is 0 Å². The summed E-state index contributed by atoms with van der Waals surface area (Å²) in [5, 5.41) is 26.1. The summed E-state index contributed by atoms with van der Waals surface area (Å²) < 4.78 is 58.0. The number of ether oxygens (including phenoxy) is 1. The van der Waals surface area contributed by atoms with Gasteiger partial charge < -0.3 is 20.1 Å². The van der Waals surface area contributed by atoms with Gasteiger partial charge in [-0.05, 0) is 0 Å². The zero-order valence-electron chi connectivity index (χ0n) is 6.99. The van der Waals surface area contributed by atoms with Crippen LogP contribution in [0.5, 0.6) is 0 Å². The zero-order chi connectivity index (χ0) is 12.0. The van der Waals surface area contributed by atoms with Crippen molar-refractivity contribution < 1.29 is 41.8 Å². The van der Waals surface area contributed by atoms with E-state index >= 15 is 0 Å². The number of aliphatic hydroxyl groups excluding tert-OH is 2. The molecule has 0 aromatic rings. The van der Waals surface area contributed by atoms with Crippen molar-refractivity contribution in [3.63, 3.8) is 0 Å². The van der Waals surface area contributed by atoms with Gasteiger partial charge in [0.05, 0.1) is 0 Å². The Morgan fingerprint density at radius 2 is 1.67 bits per heavy atom. The highest BCUT2D eigenvalue weighted by atomic mass is 32.2. The fraction of sp³-hybridized carbons (Fsp3) is 1.00. The Kier molecular flexibility index (Phi) is 3.02. The molecule has 1 rings (SSSR count). The molecule has 4 atom stereocenters. The second kappa shape index (κ2) is 3.57. The molecule has 0 aromatic heterocycles. The first-order valence-corrected chi connectivity index (χ1v) is 5.13. The highest BCUT2D eigenvalue weighted by molar-refractivity contribution is 7.86. The lowest BCUT2D eigenvalue weighted by atomic mass is 10.1. The molecule has 1 fully saturated rings. The van der Waals surface area contributed by atoms with Crippen LogP contribution in [-0.4, -0.2) is 58.1 Å². The van der Waals surface area contributed by atoms with Gasteiger partial charge in [-0.1, -0.05) is 0 Å². The Hall–Kier alpha value is -0.390. The van der Waals surface area contributed by atoms with Crippen molar-refractivity contribution in [2.45, 2.75) is 29.9 Å². The number of hydrogen-bond donors (Lipinski definition) is 4. The molecular formula is C5H8F2O7S. The summed E-state index contributed by atoms with van der Waals surface area (Å²) in [6.45, 7) is 0. The lowest BCUT2D eigenvalue weighted by molar-refractivity contribution is -0.275. The molecule has 90 valence electrons. The predicted molar refractivity (Wildman–Crippen MR) is 39.4 cm³/mol. The lowest BCUT2D eigenvalue weighted by Gasteiger charge is -2.19. The van der Waals surface area contributed by atoms with Gasteiger partial charge in [0.2, 0.25) is 5.44 Å². The van der Waals surface area contributed by atoms with Crippen LogP contribution < -0.4 is 0 Å². The molecule has 0 saturated carbocycles. The Morgan fingerprint density at radius 3 is 1.87 bits per heavy atom. The minimum Gasteiger partial charge on any atom is -0.387 e. The molecule has 1 aliphatic heterocycles. The Morgan fingerprint density at radius 1 is 1.20 bits per heavy atom. The van der Waals surface area contributed by atoms with Gasteiger partial charge in [-0.3, -0.25) is 4.55 Å². The predicted octanol–water partition coefficient (Wildman–Crippen LogP) is -2.09. The van der Waals surface area contributed by atoms with Gasteiger partial charge in [0.1, 0.15) is 12.2 Å². The van der Waals surface area contributed by atoms with Crippen LogP contribution in [0.3, 0.4) is 0 Å². The molecule has 0 amide bonds. The maximum atomic E-state index is 12.3. The first-order chi connectivity index (χ1) is 6.55. The second-order valence-electron chi connectivity index (χ2n) is 3.01. The normalized spacial score (nSPS) is 38.3. The first kappa shape index (κ1) is 12.7. The van der Waals surface area contributed by atoms with Crippen molar-refractivity contribution in [2.24, 2.45) is 0 Å². The standard InChI is InChI=1S/C5H8F2O7S/c6-5(7,10)3-1(8)2(9)4(14-3)15(11,12)13/h1-4,8-10H,(H,11,12,13)/t1-,2+,3-,4?/m0/s1. The fourth-order valence-corrected chi connectivity index (χ4v) is 1.95. The van der Waals surface area contributed by atoms with Crippen molar-refractivity contribution >= 4 is 10.1 Å². The van der Waals surface area contributed by atoms with Crippen LogP contribution in [-0.2, 0) is 14.9 Å². The maximum Gasteiger partial charge on any atom is 0.382 e. The number of hydrogen-bond acceptors (Lipinski definition) is 6. The van der Waals surface area contributed by atoms with Gasteiger partial charge in [-0.15, -0.1) is 0 Å². The van der Waals surface area contributed by atoms with Gasteiger partial charge in [0, 0.05) is 0 Å². The molecule has 10 heteroatoms. The monoisotopic (exact) mass is 250 g/mol. The SMILES string of the molecule is O=S(=O)(O)C1O[C@H](C(O)(F)F)[C@@H](O)[C@H]1O. The third kappa shape index (κ3) is 2.41. The number of halogens is 2. The average Bonchev–Trinajstić information content (AvgIpc) is 2.26. The smallest absolute Gasteiger partial charge is 0.382 e. The summed E-state index contributed by atoms with van der Waals surface area (Å²) >= 11 is 0. The highest BCUT2D eigenvalue weighted by Gasteiger charge is 2.57. The van der Waals surface area contributed by atoms with E-state index in [9.17, 15) is 17.2 Å². The Balaban J connectivity index is 2.96.